The molecule has 1 saturated heterocycles. The van der Waals surface area contributed by atoms with Gasteiger partial charge in [-0.15, -0.1) is 37.1 Å². The zero-order valence-electron chi connectivity index (χ0n) is 13.4. The summed E-state index contributed by atoms with van der Waals surface area (Å²) in [7, 11) is 0. The Labute approximate surface area is 155 Å². The van der Waals surface area contributed by atoms with E-state index >= 15 is 0 Å². The Balaban J connectivity index is 0.00000288. The normalized spacial score (nSPS) is 20.4. The highest BCUT2D eigenvalue weighted by atomic mass is 127. The van der Waals surface area contributed by atoms with Crippen LogP contribution in [-0.4, -0.2) is 30.6 Å². The van der Waals surface area contributed by atoms with Crippen LogP contribution in [0.3, 0.4) is 0 Å². The Morgan fingerprint density at radius 3 is 2.75 bits per heavy atom. The van der Waals surface area contributed by atoms with E-state index in [-0.39, 0.29) is 47.4 Å². The number of halogens is 4. The van der Waals surface area contributed by atoms with Crippen LogP contribution in [0, 0.1) is 0 Å². The van der Waals surface area contributed by atoms with E-state index in [1.165, 1.54) is 18.2 Å². The molecule has 3 N–H and O–H groups in total. The van der Waals surface area contributed by atoms with Crippen molar-refractivity contribution in [1.82, 2.24) is 0 Å². The second-order valence-corrected chi connectivity index (χ2v) is 5.96. The molecule has 0 amide bonds. The van der Waals surface area contributed by atoms with Crippen molar-refractivity contribution in [3.63, 3.8) is 0 Å². The lowest BCUT2D eigenvalue weighted by Gasteiger charge is -2.18. The highest BCUT2D eigenvalue weighted by molar-refractivity contribution is 14.0. The van der Waals surface area contributed by atoms with Crippen LogP contribution in [0.2, 0.25) is 0 Å². The summed E-state index contributed by atoms with van der Waals surface area (Å²) < 4.78 is 46.2. The van der Waals surface area contributed by atoms with Crippen LogP contribution in [0.1, 0.15) is 26.7 Å². The molecule has 0 aromatic heterocycles. The molecule has 2 rings (SSSR count). The molecule has 0 saturated carbocycles. The lowest BCUT2D eigenvalue weighted by atomic mass is 10.1. The first-order valence-corrected chi connectivity index (χ1v) is 7.23. The average Bonchev–Trinajstić information content (AvgIpc) is 2.74. The Hall–Kier alpha value is -1.23. The maximum absolute atomic E-state index is 12.2. The molecule has 0 radical (unpaired) electrons. The van der Waals surface area contributed by atoms with Gasteiger partial charge < -0.3 is 20.5 Å². The van der Waals surface area contributed by atoms with Crippen LogP contribution in [0.15, 0.2) is 29.3 Å². The van der Waals surface area contributed by atoms with Gasteiger partial charge in [-0.1, -0.05) is 6.07 Å². The van der Waals surface area contributed by atoms with Crippen molar-refractivity contribution in [2.45, 2.75) is 44.8 Å². The van der Waals surface area contributed by atoms with Crippen molar-refractivity contribution in [2.75, 3.05) is 11.9 Å². The zero-order chi connectivity index (χ0) is 17.1. The highest BCUT2D eigenvalue weighted by Crippen LogP contribution is 2.29. The molecule has 0 bridgehead atoms. The maximum Gasteiger partial charge on any atom is 0.573 e. The molecule has 1 heterocycles. The van der Waals surface area contributed by atoms with E-state index in [4.69, 9.17) is 10.5 Å². The number of nitrogens with two attached hydrogens (primary N) is 1. The van der Waals surface area contributed by atoms with Crippen molar-refractivity contribution in [2.24, 2.45) is 10.7 Å². The molecule has 0 spiro atoms. The minimum absolute atomic E-state index is 0. The number of nitrogens with one attached hydrogen (secondary N) is 1. The van der Waals surface area contributed by atoms with Gasteiger partial charge in [0, 0.05) is 11.8 Å². The van der Waals surface area contributed by atoms with Gasteiger partial charge in [-0.3, -0.25) is 4.99 Å². The number of anilines is 1. The third-order valence-corrected chi connectivity index (χ3v) is 3.36. The molecule has 1 aromatic rings. The Bertz CT molecular complexity index is 579. The minimum atomic E-state index is -4.73. The summed E-state index contributed by atoms with van der Waals surface area (Å²) >= 11 is 0. The fourth-order valence-electron chi connectivity index (χ4n) is 2.36. The number of guanidine groups is 1. The quantitative estimate of drug-likeness (QED) is 0.408. The van der Waals surface area contributed by atoms with Gasteiger partial charge in [0.2, 0.25) is 0 Å². The van der Waals surface area contributed by atoms with E-state index in [1.807, 2.05) is 13.8 Å². The van der Waals surface area contributed by atoms with Crippen LogP contribution in [-0.2, 0) is 4.74 Å². The Morgan fingerprint density at radius 1 is 1.46 bits per heavy atom. The first kappa shape index (κ1) is 20.8. The zero-order valence-corrected chi connectivity index (χ0v) is 15.7. The molecule has 0 aliphatic carbocycles. The molecule has 1 aliphatic rings. The third kappa shape index (κ3) is 7.12. The topological polar surface area (TPSA) is 68.9 Å². The first-order chi connectivity index (χ1) is 10.6. The number of ether oxygens (including phenoxy) is 2. The monoisotopic (exact) mass is 459 g/mol. The maximum atomic E-state index is 12.2. The van der Waals surface area contributed by atoms with Crippen molar-refractivity contribution in [3.8, 4) is 5.75 Å². The van der Waals surface area contributed by atoms with E-state index in [0.717, 1.165) is 12.8 Å². The molecule has 1 unspecified atom stereocenters. The second-order valence-electron chi connectivity index (χ2n) is 5.96. The summed E-state index contributed by atoms with van der Waals surface area (Å²) in [5, 5.41) is 2.74. The summed E-state index contributed by atoms with van der Waals surface area (Å²) in [5.74, 6) is -0.210. The number of rotatable bonds is 4. The average molecular weight is 459 g/mol. The van der Waals surface area contributed by atoms with Gasteiger partial charge in [0.15, 0.2) is 5.96 Å². The van der Waals surface area contributed by atoms with Crippen molar-refractivity contribution in [3.05, 3.63) is 24.3 Å². The molecule has 1 atom stereocenters. The van der Waals surface area contributed by atoms with Gasteiger partial charge in [-0.05, 0) is 38.8 Å². The predicted molar refractivity (Wildman–Crippen MR) is 96.8 cm³/mol. The number of nitrogens with zero attached hydrogens (tertiary/aromatic N) is 1. The number of hydrogen-bond acceptors (Lipinski definition) is 3. The molecule has 24 heavy (non-hydrogen) atoms. The fraction of sp³-hybridized carbons (Fsp3) is 0.533. The molecular weight excluding hydrogens is 438 g/mol. The van der Waals surface area contributed by atoms with Crippen LogP contribution in [0.5, 0.6) is 5.75 Å². The SMILES string of the molecule is CC1(C)CCC(CN=C(N)Nc2cccc(OC(F)(F)F)c2)O1.I. The smallest absolute Gasteiger partial charge is 0.406 e. The predicted octanol–water partition coefficient (Wildman–Crippen LogP) is 3.89. The van der Waals surface area contributed by atoms with Crippen LogP contribution >= 0.6 is 24.0 Å². The standard InChI is InChI=1S/C15H20F3N3O2.HI/c1-14(2)7-6-12(22-14)9-20-13(19)21-10-4-3-5-11(8-10)23-15(16,17)18;/h3-5,8,12H,6-7,9H2,1-2H3,(H3,19,20,21);1H. The highest BCUT2D eigenvalue weighted by Gasteiger charge is 2.32. The van der Waals surface area contributed by atoms with Crippen LogP contribution in [0.25, 0.3) is 0 Å². The van der Waals surface area contributed by atoms with Crippen LogP contribution in [0.4, 0.5) is 18.9 Å². The van der Waals surface area contributed by atoms with Gasteiger partial charge in [0.05, 0.1) is 18.2 Å². The van der Waals surface area contributed by atoms with Gasteiger partial charge >= 0.3 is 6.36 Å². The molecule has 9 heteroatoms. The van der Waals surface area contributed by atoms with Gasteiger partial charge in [0.25, 0.3) is 0 Å². The van der Waals surface area contributed by atoms with Crippen LogP contribution < -0.4 is 15.8 Å². The summed E-state index contributed by atoms with van der Waals surface area (Å²) in [6.07, 6.45) is -2.87. The summed E-state index contributed by atoms with van der Waals surface area (Å²) in [6, 6.07) is 5.41. The molecule has 1 aliphatic heterocycles. The van der Waals surface area contributed by atoms with Crippen molar-refractivity contribution < 1.29 is 22.6 Å². The summed E-state index contributed by atoms with van der Waals surface area (Å²) in [4.78, 5) is 4.17. The lowest BCUT2D eigenvalue weighted by Crippen LogP contribution is -2.26. The fourth-order valence-corrected chi connectivity index (χ4v) is 2.36. The van der Waals surface area contributed by atoms with Gasteiger partial charge in [-0.2, -0.15) is 0 Å². The number of benzene rings is 1. The Morgan fingerprint density at radius 2 is 2.17 bits per heavy atom. The first-order valence-electron chi connectivity index (χ1n) is 7.23. The number of alkyl halides is 3. The second kappa shape index (κ2) is 8.24. The van der Waals surface area contributed by atoms with E-state index < -0.39 is 6.36 Å². The molecule has 1 aromatic carbocycles. The van der Waals surface area contributed by atoms with Crippen molar-refractivity contribution >= 4 is 35.6 Å². The summed E-state index contributed by atoms with van der Waals surface area (Å²) in [5.41, 5.74) is 5.96. The van der Waals surface area contributed by atoms with Gasteiger partial charge in [-0.25, -0.2) is 0 Å². The van der Waals surface area contributed by atoms with Gasteiger partial charge in [0.1, 0.15) is 5.75 Å². The van der Waals surface area contributed by atoms with E-state index in [2.05, 4.69) is 15.0 Å². The summed E-state index contributed by atoms with van der Waals surface area (Å²) in [6.45, 7) is 4.44. The molecule has 1 fully saturated rings. The van der Waals surface area contributed by atoms with E-state index in [0.29, 0.717) is 12.2 Å². The third-order valence-electron chi connectivity index (χ3n) is 3.36. The number of aliphatic imine (C=N–C) groups is 1. The lowest BCUT2D eigenvalue weighted by molar-refractivity contribution is -0.274. The largest absolute Gasteiger partial charge is 0.573 e. The Kier molecular flexibility index (Phi) is 7.14. The van der Waals surface area contributed by atoms with Crippen molar-refractivity contribution in [1.29, 1.82) is 0 Å². The van der Waals surface area contributed by atoms with E-state index in [9.17, 15) is 13.2 Å². The minimum Gasteiger partial charge on any atom is -0.406 e. The molecule has 5 nitrogen and oxygen atoms in total. The van der Waals surface area contributed by atoms with E-state index in [1.54, 1.807) is 6.07 Å². The number of hydrogen-bond donors (Lipinski definition) is 2. The molecule has 136 valence electrons. The molecular formula is C15H21F3IN3O2.